The molecular formula is C48H41N3O2. The van der Waals surface area contributed by atoms with Gasteiger partial charge in [-0.1, -0.05) is 108 Å². The minimum atomic E-state index is -0.135. The molecule has 0 unspecified atom stereocenters. The molecule has 0 bridgehead atoms. The fraction of sp³-hybridized carbons (Fsp3) is 0.167. The first-order valence-electron chi connectivity index (χ1n) is 18.2. The molecule has 0 spiro atoms. The summed E-state index contributed by atoms with van der Waals surface area (Å²) >= 11 is 0. The van der Waals surface area contributed by atoms with Crippen LogP contribution in [0, 0.1) is 0 Å². The number of aromatic hydroxyl groups is 1. The Bertz CT molecular complexity index is 2860. The van der Waals surface area contributed by atoms with Crippen molar-refractivity contribution in [2.75, 3.05) is 0 Å². The Hall–Kier alpha value is -6.20. The second-order valence-corrected chi connectivity index (χ2v) is 16.1. The first-order chi connectivity index (χ1) is 25.5. The zero-order chi connectivity index (χ0) is 36.6. The van der Waals surface area contributed by atoms with Crippen LogP contribution in [0.25, 0.3) is 83.2 Å². The fourth-order valence-electron chi connectivity index (χ4n) is 7.56. The average molecular weight is 692 g/mol. The number of hydrogen-bond donors (Lipinski definition) is 1. The molecule has 0 radical (unpaired) electrons. The van der Waals surface area contributed by atoms with Gasteiger partial charge in [0.05, 0.1) is 22.1 Å². The number of rotatable bonds is 4. The molecule has 0 saturated heterocycles. The maximum absolute atomic E-state index is 11.1. The molecule has 0 aliphatic heterocycles. The average Bonchev–Trinajstić information content (AvgIpc) is 3.73. The molecule has 53 heavy (non-hydrogen) atoms. The van der Waals surface area contributed by atoms with E-state index in [2.05, 4.69) is 131 Å². The summed E-state index contributed by atoms with van der Waals surface area (Å²) in [6.45, 7) is 13.4. The van der Waals surface area contributed by atoms with E-state index < -0.39 is 0 Å². The van der Waals surface area contributed by atoms with E-state index in [1.165, 1.54) is 11.1 Å². The number of benzene rings is 6. The van der Waals surface area contributed by atoms with E-state index in [0.717, 1.165) is 71.8 Å². The van der Waals surface area contributed by atoms with Crippen LogP contribution >= 0.6 is 0 Å². The van der Waals surface area contributed by atoms with Gasteiger partial charge in [0.15, 0.2) is 0 Å². The number of phenols is 1. The van der Waals surface area contributed by atoms with Crippen LogP contribution in [0.1, 0.15) is 52.7 Å². The molecule has 9 aromatic rings. The van der Waals surface area contributed by atoms with E-state index in [4.69, 9.17) is 14.4 Å². The third kappa shape index (κ3) is 5.46. The van der Waals surface area contributed by atoms with Crippen molar-refractivity contribution in [1.29, 1.82) is 0 Å². The number of aromatic nitrogens is 3. The summed E-state index contributed by atoms with van der Waals surface area (Å²) < 4.78 is 8.60. The van der Waals surface area contributed by atoms with Crippen LogP contribution in [0.15, 0.2) is 138 Å². The maximum Gasteiger partial charge on any atom is 0.149 e. The van der Waals surface area contributed by atoms with E-state index in [1.807, 2.05) is 42.6 Å². The number of pyridine rings is 1. The zero-order valence-corrected chi connectivity index (χ0v) is 30.9. The molecule has 0 amide bonds. The Kier molecular flexibility index (Phi) is 7.35. The molecule has 9 rings (SSSR count). The predicted molar refractivity (Wildman–Crippen MR) is 219 cm³/mol. The first-order valence-corrected chi connectivity index (χ1v) is 18.2. The summed E-state index contributed by atoms with van der Waals surface area (Å²) in [6.07, 6.45) is 1.86. The summed E-state index contributed by atoms with van der Waals surface area (Å²) in [7, 11) is 0. The van der Waals surface area contributed by atoms with E-state index >= 15 is 0 Å². The van der Waals surface area contributed by atoms with E-state index in [0.29, 0.717) is 11.4 Å². The van der Waals surface area contributed by atoms with Crippen molar-refractivity contribution in [2.24, 2.45) is 0 Å². The summed E-state index contributed by atoms with van der Waals surface area (Å²) in [5, 5.41) is 14.3. The van der Waals surface area contributed by atoms with Crippen molar-refractivity contribution in [1.82, 2.24) is 14.5 Å². The quantitative estimate of drug-likeness (QED) is 0.199. The van der Waals surface area contributed by atoms with Crippen LogP contribution in [0.4, 0.5) is 0 Å². The zero-order valence-electron chi connectivity index (χ0n) is 30.9. The van der Waals surface area contributed by atoms with E-state index in [-0.39, 0.29) is 16.6 Å². The van der Waals surface area contributed by atoms with Crippen LogP contribution in [-0.2, 0) is 10.8 Å². The van der Waals surface area contributed by atoms with Crippen LogP contribution in [0.3, 0.4) is 0 Å². The topological polar surface area (TPSA) is 64.1 Å². The van der Waals surface area contributed by atoms with E-state index in [1.54, 1.807) is 6.07 Å². The van der Waals surface area contributed by atoms with Gasteiger partial charge in [-0.3, -0.25) is 9.55 Å². The number of nitrogens with zero attached hydrogens (tertiary/aromatic N) is 3. The second-order valence-electron chi connectivity index (χ2n) is 16.1. The highest BCUT2D eigenvalue weighted by molar-refractivity contribution is 6.18. The van der Waals surface area contributed by atoms with Gasteiger partial charge in [0, 0.05) is 39.2 Å². The van der Waals surface area contributed by atoms with Gasteiger partial charge in [0.25, 0.3) is 0 Å². The second kappa shape index (κ2) is 11.9. The minimum absolute atomic E-state index is 0.0229. The summed E-state index contributed by atoms with van der Waals surface area (Å²) in [5.74, 6) is 0.879. The lowest BCUT2D eigenvalue weighted by molar-refractivity contribution is 0.477. The van der Waals surface area contributed by atoms with E-state index in [9.17, 15) is 5.11 Å². The van der Waals surface area contributed by atoms with Crippen molar-refractivity contribution in [3.8, 4) is 45.1 Å². The molecule has 5 heteroatoms. The number of phenolic OH excluding ortho intramolecular Hbond substituents is 1. The lowest BCUT2D eigenvalue weighted by atomic mass is 9.82. The third-order valence-corrected chi connectivity index (χ3v) is 10.5. The lowest BCUT2D eigenvalue weighted by Crippen LogP contribution is -2.11. The summed E-state index contributed by atoms with van der Waals surface area (Å²) in [6, 6.07) is 44.0. The molecule has 260 valence electrons. The molecular weight excluding hydrogens is 651 g/mol. The van der Waals surface area contributed by atoms with Crippen molar-refractivity contribution in [3.05, 3.63) is 145 Å². The van der Waals surface area contributed by atoms with Gasteiger partial charge in [-0.25, -0.2) is 4.98 Å². The first kappa shape index (κ1) is 32.7. The predicted octanol–water partition coefficient (Wildman–Crippen LogP) is 12.8. The molecule has 0 aliphatic carbocycles. The monoisotopic (exact) mass is 691 g/mol. The van der Waals surface area contributed by atoms with Gasteiger partial charge in [-0.15, -0.1) is 0 Å². The molecule has 3 heterocycles. The minimum Gasteiger partial charge on any atom is -0.507 e. The molecule has 1 N–H and O–H groups in total. The van der Waals surface area contributed by atoms with Crippen LogP contribution in [0.2, 0.25) is 0 Å². The normalized spacial score (nSPS) is 12.4. The van der Waals surface area contributed by atoms with Gasteiger partial charge in [-0.05, 0) is 93.7 Å². The molecule has 0 saturated carbocycles. The fourth-order valence-corrected chi connectivity index (χ4v) is 7.56. The van der Waals surface area contributed by atoms with Gasteiger partial charge in [0.2, 0.25) is 0 Å². The largest absolute Gasteiger partial charge is 0.507 e. The van der Waals surface area contributed by atoms with Crippen molar-refractivity contribution in [3.63, 3.8) is 0 Å². The molecule has 3 aromatic heterocycles. The molecule has 6 aromatic carbocycles. The molecule has 0 atom stereocenters. The van der Waals surface area contributed by atoms with Gasteiger partial charge < -0.3 is 9.52 Å². The number of hydrogen-bond acceptors (Lipinski definition) is 4. The van der Waals surface area contributed by atoms with Gasteiger partial charge in [-0.2, -0.15) is 0 Å². The highest BCUT2D eigenvalue weighted by atomic mass is 16.3. The third-order valence-electron chi connectivity index (χ3n) is 10.5. The number of imidazole rings is 1. The smallest absolute Gasteiger partial charge is 0.149 e. The van der Waals surface area contributed by atoms with Crippen LogP contribution in [-0.4, -0.2) is 19.6 Å². The summed E-state index contributed by atoms with van der Waals surface area (Å²) in [5.41, 5.74) is 12.7. The highest BCUT2D eigenvalue weighted by Gasteiger charge is 2.24. The maximum atomic E-state index is 11.1. The summed E-state index contributed by atoms with van der Waals surface area (Å²) in [4.78, 5) is 10.3. The molecule has 0 aliphatic rings. The van der Waals surface area contributed by atoms with Crippen molar-refractivity contribution >= 4 is 43.9 Å². The Morgan fingerprint density at radius 1 is 0.566 bits per heavy atom. The Morgan fingerprint density at radius 3 is 2.00 bits per heavy atom. The van der Waals surface area contributed by atoms with Crippen molar-refractivity contribution in [2.45, 2.75) is 52.4 Å². The standard InChI is InChI=1S/C48H41N3O2/c1-47(2,3)31-20-22-33(23-21-31)51-40-17-11-15-34(44(40)50-46(51)36-14-7-9-18-41(36)52)29-25-30(27-32(26-29)48(4,5)6)38-28-39-35-13-8-10-19-42(35)53-45(39)37-16-12-24-49-43(37)38/h7-28,52H,1-6H3. The Balaban J connectivity index is 1.32. The number of furan rings is 1. The molecule has 5 nitrogen and oxygen atoms in total. The molecule has 0 fully saturated rings. The van der Waals surface area contributed by atoms with Gasteiger partial charge >= 0.3 is 0 Å². The number of para-hydroxylation sites is 3. The highest BCUT2D eigenvalue weighted by Crippen LogP contribution is 2.43. The van der Waals surface area contributed by atoms with Crippen molar-refractivity contribution < 1.29 is 9.52 Å². The SMILES string of the molecule is CC(C)(C)c1ccc(-n2c(-c3ccccc3O)nc3c(-c4cc(-c5cc6c7ccccc7oc6c6cccnc56)cc(C(C)(C)C)c4)cccc32)cc1. The van der Waals surface area contributed by atoms with Gasteiger partial charge in [0.1, 0.15) is 22.7 Å². The van der Waals surface area contributed by atoms with Crippen LogP contribution in [0.5, 0.6) is 5.75 Å². The lowest BCUT2D eigenvalue weighted by Gasteiger charge is -2.22. The Morgan fingerprint density at radius 2 is 1.25 bits per heavy atom. The Labute approximate surface area is 309 Å². The van der Waals surface area contributed by atoms with Crippen LogP contribution < -0.4 is 0 Å². The number of fused-ring (bicyclic) bond motifs is 6.